The molecule has 0 amide bonds. The Morgan fingerprint density at radius 3 is 2.81 bits per heavy atom. The molecule has 1 fully saturated rings. The van der Waals surface area contributed by atoms with E-state index >= 15 is 0 Å². The third-order valence-corrected chi connectivity index (χ3v) is 3.07. The number of rotatable bonds is 2. The van der Waals surface area contributed by atoms with Gasteiger partial charge in [0.25, 0.3) is 0 Å². The highest BCUT2D eigenvalue weighted by Gasteiger charge is 2.18. The van der Waals surface area contributed by atoms with E-state index in [-0.39, 0.29) is 5.82 Å². The van der Waals surface area contributed by atoms with Crippen LogP contribution in [0.15, 0.2) is 12.3 Å². The van der Waals surface area contributed by atoms with Crippen molar-refractivity contribution < 1.29 is 9.53 Å². The first-order valence-electron chi connectivity index (χ1n) is 5.72. The second-order valence-corrected chi connectivity index (χ2v) is 4.13. The lowest BCUT2D eigenvalue weighted by Gasteiger charge is -2.20. The van der Waals surface area contributed by atoms with E-state index in [4.69, 9.17) is 0 Å². The minimum Gasteiger partial charge on any atom is -0.463 e. The molecule has 1 heterocycles. The van der Waals surface area contributed by atoms with Crippen LogP contribution in [0.4, 0.5) is 0 Å². The molecule has 2 rings (SSSR count). The molecule has 1 aliphatic rings. The van der Waals surface area contributed by atoms with Gasteiger partial charge in [0.1, 0.15) is 0 Å². The van der Waals surface area contributed by atoms with Crippen LogP contribution in [0.3, 0.4) is 0 Å². The summed E-state index contributed by atoms with van der Waals surface area (Å²) in [6, 6.07) is 1.91. The molecule has 1 aromatic heterocycles. The van der Waals surface area contributed by atoms with Gasteiger partial charge in [-0.05, 0) is 18.9 Å². The van der Waals surface area contributed by atoms with Gasteiger partial charge in [0.05, 0.1) is 7.11 Å². The number of esters is 1. The van der Waals surface area contributed by atoms with Crippen molar-refractivity contribution in [3.8, 4) is 0 Å². The van der Waals surface area contributed by atoms with Crippen LogP contribution in [-0.4, -0.2) is 23.0 Å². The van der Waals surface area contributed by atoms with Gasteiger partial charge in [0, 0.05) is 17.8 Å². The van der Waals surface area contributed by atoms with Crippen LogP contribution in [0.2, 0.25) is 0 Å². The average Bonchev–Trinajstić information content (AvgIpc) is 2.39. The van der Waals surface area contributed by atoms with E-state index in [1.165, 1.54) is 26.4 Å². The molecule has 0 spiro atoms. The SMILES string of the molecule is COC(=O)c1nccc(C2CCCCC2)n1. The van der Waals surface area contributed by atoms with Crippen LogP contribution in [0.25, 0.3) is 0 Å². The van der Waals surface area contributed by atoms with Crippen molar-refractivity contribution in [2.24, 2.45) is 0 Å². The van der Waals surface area contributed by atoms with Gasteiger partial charge in [0.15, 0.2) is 0 Å². The van der Waals surface area contributed by atoms with Gasteiger partial charge in [-0.2, -0.15) is 0 Å². The molecule has 0 N–H and O–H groups in total. The molecule has 1 aromatic rings. The Balaban J connectivity index is 2.17. The second kappa shape index (κ2) is 5.05. The quantitative estimate of drug-likeness (QED) is 0.718. The van der Waals surface area contributed by atoms with E-state index in [0.29, 0.717) is 5.92 Å². The highest BCUT2D eigenvalue weighted by atomic mass is 16.5. The zero-order valence-corrected chi connectivity index (χ0v) is 9.48. The number of nitrogens with zero attached hydrogens (tertiary/aromatic N) is 2. The smallest absolute Gasteiger partial charge is 0.376 e. The molecule has 0 atom stereocenters. The summed E-state index contributed by atoms with van der Waals surface area (Å²) in [5, 5.41) is 0. The second-order valence-electron chi connectivity index (χ2n) is 4.13. The van der Waals surface area contributed by atoms with Crippen molar-refractivity contribution >= 4 is 5.97 Å². The molecule has 0 saturated heterocycles. The monoisotopic (exact) mass is 220 g/mol. The van der Waals surface area contributed by atoms with Crippen molar-refractivity contribution in [1.29, 1.82) is 0 Å². The Kier molecular flexibility index (Phi) is 3.49. The summed E-state index contributed by atoms with van der Waals surface area (Å²) in [5.41, 5.74) is 0.982. The van der Waals surface area contributed by atoms with Gasteiger partial charge in [-0.1, -0.05) is 19.3 Å². The Bertz CT molecular complexity index is 373. The van der Waals surface area contributed by atoms with Crippen LogP contribution < -0.4 is 0 Å². The van der Waals surface area contributed by atoms with Crippen LogP contribution in [0, 0.1) is 0 Å². The molecule has 0 aliphatic heterocycles. The standard InChI is InChI=1S/C12H16N2O2/c1-16-12(15)11-13-8-7-10(14-11)9-5-3-2-4-6-9/h7-9H,2-6H2,1H3. The molecule has 0 radical (unpaired) electrons. The summed E-state index contributed by atoms with van der Waals surface area (Å²) in [6.07, 6.45) is 7.79. The predicted molar refractivity (Wildman–Crippen MR) is 59.2 cm³/mol. The zero-order valence-electron chi connectivity index (χ0n) is 9.48. The van der Waals surface area contributed by atoms with E-state index in [2.05, 4.69) is 14.7 Å². The summed E-state index contributed by atoms with van der Waals surface area (Å²) < 4.78 is 4.61. The van der Waals surface area contributed by atoms with Crippen molar-refractivity contribution in [1.82, 2.24) is 9.97 Å². The minimum absolute atomic E-state index is 0.172. The topological polar surface area (TPSA) is 52.1 Å². The number of carbonyl (C=O) groups is 1. The lowest BCUT2D eigenvalue weighted by Crippen LogP contribution is -2.12. The molecule has 16 heavy (non-hydrogen) atoms. The lowest BCUT2D eigenvalue weighted by atomic mass is 9.87. The fourth-order valence-electron chi connectivity index (χ4n) is 2.19. The molecule has 0 bridgehead atoms. The highest BCUT2D eigenvalue weighted by molar-refractivity contribution is 5.84. The van der Waals surface area contributed by atoms with Gasteiger partial charge < -0.3 is 4.74 Å². The third-order valence-electron chi connectivity index (χ3n) is 3.07. The molecular weight excluding hydrogens is 204 g/mol. The van der Waals surface area contributed by atoms with Gasteiger partial charge in [-0.15, -0.1) is 0 Å². The van der Waals surface area contributed by atoms with Crippen molar-refractivity contribution in [3.05, 3.63) is 23.8 Å². The van der Waals surface area contributed by atoms with E-state index in [0.717, 1.165) is 18.5 Å². The summed E-state index contributed by atoms with van der Waals surface area (Å²) in [6.45, 7) is 0. The van der Waals surface area contributed by atoms with Gasteiger partial charge in [-0.3, -0.25) is 0 Å². The number of hydrogen-bond acceptors (Lipinski definition) is 4. The normalized spacial score (nSPS) is 17.1. The third kappa shape index (κ3) is 2.38. The Morgan fingerprint density at radius 1 is 1.38 bits per heavy atom. The lowest BCUT2D eigenvalue weighted by molar-refractivity contribution is 0.0586. The summed E-state index contributed by atoms with van der Waals surface area (Å²) in [4.78, 5) is 19.5. The Morgan fingerprint density at radius 2 is 2.12 bits per heavy atom. The van der Waals surface area contributed by atoms with E-state index in [9.17, 15) is 4.79 Å². The molecular formula is C12H16N2O2. The number of methoxy groups -OCH3 is 1. The van der Waals surface area contributed by atoms with E-state index in [1.54, 1.807) is 6.20 Å². The maximum atomic E-state index is 11.3. The number of carbonyl (C=O) groups excluding carboxylic acids is 1. The summed E-state index contributed by atoms with van der Waals surface area (Å²) in [5.74, 6) is 0.198. The Labute approximate surface area is 95.1 Å². The zero-order chi connectivity index (χ0) is 11.4. The van der Waals surface area contributed by atoms with Gasteiger partial charge in [-0.25, -0.2) is 14.8 Å². The van der Waals surface area contributed by atoms with Gasteiger partial charge >= 0.3 is 5.97 Å². The maximum absolute atomic E-state index is 11.3. The van der Waals surface area contributed by atoms with Crippen LogP contribution in [0.5, 0.6) is 0 Å². The molecule has 1 aliphatic carbocycles. The molecule has 4 heteroatoms. The maximum Gasteiger partial charge on any atom is 0.376 e. The fourth-order valence-corrected chi connectivity index (χ4v) is 2.19. The van der Waals surface area contributed by atoms with E-state index in [1.807, 2.05) is 6.07 Å². The van der Waals surface area contributed by atoms with E-state index < -0.39 is 5.97 Å². The molecule has 0 unspecified atom stereocenters. The number of aromatic nitrogens is 2. The van der Waals surface area contributed by atoms with Crippen molar-refractivity contribution in [3.63, 3.8) is 0 Å². The summed E-state index contributed by atoms with van der Waals surface area (Å²) >= 11 is 0. The summed E-state index contributed by atoms with van der Waals surface area (Å²) in [7, 11) is 1.35. The largest absolute Gasteiger partial charge is 0.463 e. The fraction of sp³-hybridized carbons (Fsp3) is 0.583. The molecule has 86 valence electrons. The minimum atomic E-state index is -0.461. The first kappa shape index (κ1) is 11.0. The van der Waals surface area contributed by atoms with Crippen molar-refractivity contribution in [2.75, 3.05) is 7.11 Å². The molecule has 4 nitrogen and oxygen atoms in total. The molecule has 1 saturated carbocycles. The van der Waals surface area contributed by atoms with Crippen LogP contribution in [-0.2, 0) is 4.74 Å². The first-order valence-corrected chi connectivity index (χ1v) is 5.72. The number of hydrogen-bond donors (Lipinski definition) is 0. The van der Waals surface area contributed by atoms with Gasteiger partial charge in [0.2, 0.25) is 5.82 Å². The first-order chi connectivity index (χ1) is 7.81. The highest BCUT2D eigenvalue weighted by Crippen LogP contribution is 2.31. The number of ether oxygens (including phenoxy) is 1. The predicted octanol–water partition coefficient (Wildman–Crippen LogP) is 2.31. The Hall–Kier alpha value is -1.45. The van der Waals surface area contributed by atoms with Crippen molar-refractivity contribution in [2.45, 2.75) is 38.0 Å². The van der Waals surface area contributed by atoms with Crippen LogP contribution >= 0.6 is 0 Å². The average molecular weight is 220 g/mol. The molecule has 0 aromatic carbocycles. The van der Waals surface area contributed by atoms with Crippen LogP contribution in [0.1, 0.15) is 54.3 Å².